The van der Waals surface area contributed by atoms with Crippen molar-refractivity contribution in [2.45, 2.75) is 36.3 Å². The minimum atomic E-state index is -1.39. The predicted molar refractivity (Wildman–Crippen MR) is 178 cm³/mol. The van der Waals surface area contributed by atoms with Crippen molar-refractivity contribution in [2.24, 2.45) is 0 Å². The Hall–Kier alpha value is -5.37. The molecule has 1 fully saturated rings. The maximum absolute atomic E-state index is 13.6. The van der Waals surface area contributed by atoms with Gasteiger partial charge in [0, 0.05) is 12.2 Å². The standard InChI is InChI=1S/C38H32O9S/c1-2-3-24-48-38-33(47-37(42)29-22-14-7-15-23-29)32(46-36(41)28-20-12-6-13-21-28)31(45-35(40)27-18-10-5-11-19-27)30(44-38)25-43-34(39)26-16-8-4-9-17-26/h1,4-23,30-33,38H,3,24-25H2/t30-,31-,32+,33-,38+/m1/s1. The van der Waals surface area contributed by atoms with Crippen LogP contribution in [0.25, 0.3) is 0 Å². The van der Waals surface area contributed by atoms with E-state index in [1.165, 1.54) is 11.8 Å². The molecule has 0 bridgehead atoms. The van der Waals surface area contributed by atoms with Crippen molar-refractivity contribution in [1.82, 2.24) is 0 Å². The highest BCUT2D eigenvalue weighted by molar-refractivity contribution is 7.99. The maximum Gasteiger partial charge on any atom is 0.338 e. The average molecular weight is 665 g/mol. The third-order valence-electron chi connectivity index (χ3n) is 7.27. The zero-order chi connectivity index (χ0) is 33.7. The Kier molecular flexibility index (Phi) is 12.0. The van der Waals surface area contributed by atoms with Crippen molar-refractivity contribution < 1.29 is 42.9 Å². The van der Waals surface area contributed by atoms with E-state index in [1.807, 2.05) is 0 Å². The van der Waals surface area contributed by atoms with Crippen LogP contribution >= 0.6 is 11.8 Å². The van der Waals surface area contributed by atoms with Gasteiger partial charge in [-0.05, 0) is 48.5 Å². The molecule has 0 aromatic heterocycles. The second kappa shape index (κ2) is 17.0. The summed E-state index contributed by atoms with van der Waals surface area (Å²) in [7, 11) is 0. The van der Waals surface area contributed by atoms with E-state index in [4.69, 9.17) is 30.1 Å². The number of carbonyl (C=O) groups is 4. The molecule has 0 unspecified atom stereocenters. The Morgan fingerprint density at radius 1 is 0.583 bits per heavy atom. The minimum absolute atomic E-state index is 0.217. The molecular weight excluding hydrogens is 632 g/mol. The first-order chi connectivity index (χ1) is 23.4. The van der Waals surface area contributed by atoms with Gasteiger partial charge in [0.05, 0.1) is 22.3 Å². The van der Waals surface area contributed by atoms with Gasteiger partial charge in [0.2, 0.25) is 0 Å². The monoisotopic (exact) mass is 664 g/mol. The first-order valence-electron chi connectivity index (χ1n) is 15.2. The van der Waals surface area contributed by atoms with Gasteiger partial charge in [0.25, 0.3) is 0 Å². The molecule has 0 N–H and O–H groups in total. The number of rotatable bonds is 12. The number of benzene rings is 4. The van der Waals surface area contributed by atoms with Crippen LogP contribution in [0.1, 0.15) is 47.9 Å². The van der Waals surface area contributed by atoms with Crippen molar-refractivity contribution in [3.63, 3.8) is 0 Å². The first kappa shape index (κ1) is 34.0. The number of carbonyl (C=O) groups excluding carboxylic acids is 4. The molecule has 1 aliphatic heterocycles. The van der Waals surface area contributed by atoms with Crippen molar-refractivity contribution >= 4 is 35.6 Å². The first-order valence-corrected chi connectivity index (χ1v) is 16.2. The van der Waals surface area contributed by atoms with Gasteiger partial charge in [0.1, 0.15) is 18.1 Å². The van der Waals surface area contributed by atoms with Gasteiger partial charge in [-0.15, -0.1) is 24.1 Å². The zero-order valence-corrected chi connectivity index (χ0v) is 26.5. The highest BCUT2D eigenvalue weighted by Gasteiger charge is 2.53. The smallest absolute Gasteiger partial charge is 0.338 e. The summed E-state index contributed by atoms with van der Waals surface area (Å²) in [6.45, 7) is -0.384. The van der Waals surface area contributed by atoms with E-state index in [1.54, 1.807) is 121 Å². The third kappa shape index (κ3) is 8.91. The summed E-state index contributed by atoms with van der Waals surface area (Å²) >= 11 is 1.23. The van der Waals surface area contributed by atoms with Gasteiger partial charge >= 0.3 is 23.9 Å². The highest BCUT2D eigenvalue weighted by Crippen LogP contribution is 2.36. The summed E-state index contributed by atoms with van der Waals surface area (Å²) in [5, 5.41) is 0. The number of hydrogen-bond donors (Lipinski definition) is 0. The average Bonchev–Trinajstić information content (AvgIpc) is 3.14. The zero-order valence-electron chi connectivity index (χ0n) is 25.7. The molecule has 0 radical (unpaired) electrons. The number of terminal acetylenes is 1. The van der Waals surface area contributed by atoms with Gasteiger partial charge in [-0.2, -0.15) is 0 Å². The molecule has 4 aromatic carbocycles. The lowest BCUT2D eigenvalue weighted by atomic mass is 9.98. The van der Waals surface area contributed by atoms with Crippen LogP contribution in [0.2, 0.25) is 0 Å². The lowest BCUT2D eigenvalue weighted by molar-refractivity contribution is -0.207. The number of esters is 4. The fourth-order valence-corrected chi connectivity index (χ4v) is 5.98. The normalized spacial score (nSPS) is 20.0. The summed E-state index contributed by atoms with van der Waals surface area (Å²) in [6, 6.07) is 33.1. The molecule has 0 spiro atoms. The molecule has 1 heterocycles. The van der Waals surface area contributed by atoms with E-state index in [0.717, 1.165) is 0 Å². The van der Waals surface area contributed by atoms with Gasteiger partial charge in [0.15, 0.2) is 18.3 Å². The van der Waals surface area contributed by atoms with Crippen LogP contribution in [0, 0.1) is 12.3 Å². The molecule has 1 saturated heterocycles. The Bertz CT molecular complexity index is 1710. The molecular formula is C38H32O9S. The Morgan fingerprint density at radius 3 is 1.42 bits per heavy atom. The van der Waals surface area contributed by atoms with Crippen LogP contribution < -0.4 is 0 Å². The van der Waals surface area contributed by atoms with Crippen molar-refractivity contribution in [2.75, 3.05) is 12.4 Å². The molecule has 48 heavy (non-hydrogen) atoms. The van der Waals surface area contributed by atoms with Crippen LogP contribution in [-0.2, 0) is 23.7 Å². The van der Waals surface area contributed by atoms with Crippen molar-refractivity contribution in [1.29, 1.82) is 0 Å². The fourth-order valence-electron chi connectivity index (χ4n) is 4.90. The number of hydrogen-bond acceptors (Lipinski definition) is 10. The molecule has 5 rings (SSSR count). The second-order valence-electron chi connectivity index (χ2n) is 10.5. The van der Waals surface area contributed by atoms with Crippen LogP contribution in [0.4, 0.5) is 0 Å². The van der Waals surface area contributed by atoms with Gasteiger partial charge < -0.3 is 23.7 Å². The van der Waals surface area contributed by atoms with Gasteiger partial charge in [-0.3, -0.25) is 0 Å². The van der Waals surface area contributed by atoms with E-state index >= 15 is 0 Å². The second-order valence-corrected chi connectivity index (χ2v) is 11.7. The minimum Gasteiger partial charge on any atom is -0.459 e. The van der Waals surface area contributed by atoms with Crippen LogP contribution in [0.3, 0.4) is 0 Å². The quantitative estimate of drug-likeness (QED) is 0.0773. The Balaban J connectivity index is 1.53. The topological polar surface area (TPSA) is 114 Å². The Morgan fingerprint density at radius 2 is 0.979 bits per heavy atom. The summed E-state index contributed by atoms with van der Waals surface area (Å²) < 4.78 is 30.1. The van der Waals surface area contributed by atoms with Crippen molar-refractivity contribution in [3.05, 3.63) is 144 Å². The molecule has 5 atom stereocenters. The molecule has 1 aliphatic rings. The summed E-state index contributed by atoms with van der Waals surface area (Å²) in [6.07, 6.45) is 0.679. The number of thioether (sulfide) groups is 1. The maximum atomic E-state index is 13.6. The van der Waals surface area contributed by atoms with E-state index in [-0.39, 0.29) is 23.3 Å². The van der Waals surface area contributed by atoms with Gasteiger partial charge in [-0.25, -0.2) is 19.2 Å². The largest absolute Gasteiger partial charge is 0.459 e. The molecule has 0 amide bonds. The van der Waals surface area contributed by atoms with E-state index in [2.05, 4.69) is 5.92 Å². The van der Waals surface area contributed by atoms with Gasteiger partial charge in [-0.1, -0.05) is 72.8 Å². The van der Waals surface area contributed by atoms with E-state index in [9.17, 15) is 19.2 Å². The lowest BCUT2D eigenvalue weighted by Gasteiger charge is -2.44. The highest BCUT2D eigenvalue weighted by atomic mass is 32.2. The fraction of sp³-hybridized carbons (Fsp3) is 0.211. The molecule has 10 heteroatoms. The molecule has 4 aromatic rings. The lowest BCUT2D eigenvalue weighted by Crippen LogP contribution is -2.61. The summed E-state index contributed by atoms with van der Waals surface area (Å²) in [4.78, 5) is 53.5. The molecule has 0 saturated carbocycles. The van der Waals surface area contributed by atoms with E-state index in [0.29, 0.717) is 17.7 Å². The summed E-state index contributed by atoms with van der Waals surface area (Å²) in [5.41, 5.74) is 0.0112. The van der Waals surface area contributed by atoms with Crippen molar-refractivity contribution in [3.8, 4) is 12.3 Å². The molecule has 9 nitrogen and oxygen atoms in total. The predicted octanol–water partition coefficient (Wildman–Crippen LogP) is 6.00. The third-order valence-corrected chi connectivity index (χ3v) is 8.41. The van der Waals surface area contributed by atoms with E-state index < -0.39 is 53.7 Å². The SMILES string of the molecule is C#CCCS[C@@H]1O[C@H](COC(=O)c2ccccc2)[C@@H](OC(=O)c2ccccc2)[C@H](OC(=O)c2ccccc2)[C@H]1OC(=O)c1ccccc1. The Labute approximate surface area is 282 Å². The van der Waals surface area contributed by atoms with Crippen LogP contribution in [-0.4, -0.2) is 66.1 Å². The van der Waals surface area contributed by atoms with Crippen LogP contribution in [0.5, 0.6) is 0 Å². The van der Waals surface area contributed by atoms with Crippen LogP contribution in [0.15, 0.2) is 121 Å². The molecule has 244 valence electrons. The summed E-state index contributed by atoms with van der Waals surface area (Å²) in [5.74, 6) is 0.102. The molecule has 0 aliphatic carbocycles. The number of ether oxygens (including phenoxy) is 5.